The molecular weight excluding hydrogens is 256 g/mol. The summed E-state index contributed by atoms with van der Waals surface area (Å²) >= 11 is 0. The van der Waals surface area contributed by atoms with Crippen LogP contribution in [0.4, 0.5) is 0 Å². The molecule has 3 aromatic heterocycles. The molecule has 0 spiro atoms. The Morgan fingerprint density at radius 1 is 1.53 bits per heavy atom. The van der Waals surface area contributed by atoms with Crippen molar-refractivity contribution in [2.75, 3.05) is 0 Å². The van der Waals surface area contributed by atoms with Gasteiger partial charge in [0.05, 0.1) is 0 Å². The van der Waals surface area contributed by atoms with Gasteiger partial charge in [-0.15, -0.1) is 9.78 Å². The number of H-pyrrole nitrogens is 1. The molecule has 0 bridgehead atoms. The summed E-state index contributed by atoms with van der Waals surface area (Å²) in [4.78, 5) is 11.7. The molecule has 98 valence electrons. The molecule has 0 fully saturated rings. The number of nitrogens with zero attached hydrogens (tertiary/aromatic N) is 7. The Kier molecular flexibility index (Phi) is 2.29. The topological polar surface area (TPSA) is 130 Å². The first-order valence-electron chi connectivity index (χ1n) is 5.58. The smallest absolute Gasteiger partial charge is 0.369 e. The molecular formula is C8H8N8O3. The highest BCUT2D eigenvalue weighted by Crippen LogP contribution is 2.10. The molecule has 0 aliphatic rings. The van der Waals surface area contributed by atoms with Gasteiger partial charge in [-0.2, -0.15) is 4.68 Å². The standard InChI is InChI=1S/C8H8N8O3/c1-15-8(17)16(14-13-15)7-5(11-19-12-7)4-18-6-2-3-9-10-6/h2-3H,4H2,1H3,(H,9,10)/i/hT. The fraction of sp³-hybridized carbons (Fsp3) is 0.250. The van der Waals surface area contributed by atoms with Gasteiger partial charge < -0.3 is 4.74 Å². The van der Waals surface area contributed by atoms with Crippen LogP contribution in [0.3, 0.4) is 0 Å². The third-order valence-electron chi connectivity index (χ3n) is 2.26. The Balaban J connectivity index is 1.83. The van der Waals surface area contributed by atoms with Crippen molar-refractivity contribution in [3.8, 4) is 11.7 Å². The molecule has 0 aliphatic carbocycles. The average molecular weight is 266 g/mol. The first kappa shape index (κ1) is 9.99. The summed E-state index contributed by atoms with van der Waals surface area (Å²) in [6.07, 6.45) is 1.41. The van der Waals surface area contributed by atoms with Crippen LogP contribution in [0.2, 0.25) is 1.41 Å². The van der Waals surface area contributed by atoms with Gasteiger partial charge in [0, 0.05) is 19.3 Å². The van der Waals surface area contributed by atoms with Crippen LogP contribution in [0.1, 0.15) is 5.69 Å². The van der Waals surface area contributed by atoms with Gasteiger partial charge in [0.1, 0.15) is 6.61 Å². The molecule has 0 unspecified atom stereocenters. The lowest BCUT2D eigenvalue weighted by atomic mass is 10.4. The molecule has 11 heteroatoms. The fourth-order valence-electron chi connectivity index (χ4n) is 1.34. The maximum atomic E-state index is 11.7. The number of hydrogen-bond acceptors (Lipinski definition) is 8. The van der Waals surface area contributed by atoms with Crippen molar-refractivity contribution >= 4 is 0 Å². The summed E-state index contributed by atoms with van der Waals surface area (Å²) in [5.41, 5.74) is -0.232. The number of tetrazole rings is 1. The van der Waals surface area contributed by atoms with Gasteiger partial charge in [0.15, 0.2) is 7.11 Å². The maximum absolute atomic E-state index is 11.7. The Hall–Kier alpha value is -2.98. The van der Waals surface area contributed by atoms with Crippen molar-refractivity contribution in [2.24, 2.45) is 7.05 Å². The minimum Gasteiger partial charge on any atom is -0.470 e. The Morgan fingerprint density at radius 2 is 2.42 bits per heavy atom. The van der Waals surface area contributed by atoms with Crippen molar-refractivity contribution in [1.29, 1.82) is 0 Å². The average Bonchev–Trinajstić information content (AvgIpc) is 3.11. The molecule has 0 radical (unpaired) electrons. The number of aryl methyl sites for hydroxylation is 1. The molecule has 3 heterocycles. The number of hydrogen-bond donors (Lipinski definition) is 1. The zero-order valence-electron chi connectivity index (χ0n) is 10.7. The molecule has 0 aromatic carbocycles. The van der Waals surface area contributed by atoms with Crippen LogP contribution in [0, 0.1) is 0 Å². The summed E-state index contributed by atoms with van der Waals surface area (Å²) in [5.74, 6) is 0.328. The highest BCUT2D eigenvalue weighted by molar-refractivity contribution is 5.23. The second-order valence-electron chi connectivity index (χ2n) is 3.49. The molecule has 0 saturated heterocycles. The third-order valence-corrected chi connectivity index (χ3v) is 2.26. The Labute approximate surface area is 106 Å². The Bertz CT molecular complexity index is 786. The molecule has 3 aromatic rings. The summed E-state index contributed by atoms with van der Waals surface area (Å²) in [6, 6.07) is 1.51. The lowest BCUT2D eigenvalue weighted by Crippen LogP contribution is -2.23. The van der Waals surface area contributed by atoms with Crippen molar-refractivity contribution in [2.45, 2.75) is 6.61 Å². The van der Waals surface area contributed by atoms with Crippen LogP contribution in [0.25, 0.3) is 5.82 Å². The second kappa shape index (κ2) is 4.36. The molecule has 11 nitrogen and oxygen atoms in total. The quantitative estimate of drug-likeness (QED) is 0.613. The van der Waals surface area contributed by atoms with Gasteiger partial charge in [-0.05, 0) is 20.7 Å². The number of aromatic amines is 1. The molecule has 0 aliphatic heterocycles. The van der Waals surface area contributed by atoms with E-state index in [0.717, 1.165) is 14.5 Å². The number of aromatic nitrogens is 8. The van der Waals surface area contributed by atoms with Crippen LogP contribution in [0.15, 0.2) is 21.7 Å². The van der Waals surface area contributed by atoms with Crippen LogP contribution in [-0.4, -0.2) is 40.3 Å². The predicted octanol–water partition coefficient (Wildman–Crippen LogP) is -1.35. The first-order chi connectivity index (χ1) is 9.65. The zero-order chi connectivity index (χ0) is 14.1. The van der Waals surface area contributed by atoms with Crippen molar-refractivity contribution in [3.63, 3.8) is 0 Å². The van der Waals surface area contributed by atoms with E-state index >= 15 is 0 Å². The molecule has 1 N–H and O–H groups in total. The number of ether oxygens (including phenoxy) is 1. The van der Waals surface area contributed by atoms with Gasteiger partial charge in [0.25, 0.3) is 0 Å². The van der Waals surface area contributed by atoms with E-state index in [1.165, 1.54) is 19.3 Å². The van der Waals surface area contributed by atoms with Gasteiger partial charge >= 0.3 is 5.69 Å². The summed E-state index contributed by atoms with van der Waals surface area (Å²) < 4.78 is 19.0. The molecule has 3 rings (SSSR count). The minimum absolute atomic E-state index is 0.0428. The van der Waals surface area contributed by atoms with Crippen LogP contribution < -0.4 is 10.4 Å². The second-order valence-corrected chi connectivity index (χ2v) is 3.49. The van der Waals surface area contributed by atoms with Crippen LogP contribution in [0.5, 0.6) is 5.88 Å². The van der Waals surface area contributed by atoms with E-state index in [-0.39, 0.29) is 24.0 Å². The van der Waals surface area contributed by atoms with Crippen molar-refractivity contribution in [1.82, 2.24) is 40.3 Å². The van der Waals surface area contributed by atoms with Gasteiger partial charge in [-0.3, -0.25) is 5.09 Å². The molecule has 0 amide bonds. The van der Waals surface area contributed by atoms with E-state index in [2.05, 4.69) is 30.5 Å². The van der Waals surface area contributed by atoms with Gasteiger partial charge in [-0.25, -0.2) is 9.42 Å². The lowest BCUT2D eigenvalue weighted by Gasteiger charge is -1.99. The van der Waals surface area contributed by atoms with Gasteiger partial charge in [-0.1, -0.05) is 0 Å². The predicted molar refractivity (Wildman–Crippen MR) is 57.4 cm³/mol. The molecule has 0 saturated carbocycles. The van der Waals surface area contributed by atoms with Crippen molar-refractivity contribution in [3.05, 3.63) is 28.4 Å². The fourth-order valence-corrected chi connectivity index (χ4v) is 1.34. The van der Waals surface area contributed by atoms with E-state index in [4.69, 9.17) is 6.15 Å². The summed E-state index contributed by atoms with van der Waals surface area (Å²) in [6.45, 7) is -0.0428. The summed E-state index contributed by atoms with van der Waals surface area (Å²) in [5, 5.41) is 19.0. The van der Waals surface area contributed by atoms with E-state index in [9.17, 15) is 4.79 Å². The third kappa shape index (κ3) is 1.96. The monoisotopic (exact) mass is 266 g/mol. The van der Waals surface area contributed by atoms with Crippen LogP contribution in [-0.2, 0) is 13.7 Å². The SMILES string of the molecule is [3H]n1ccc(OCc2nonc2-n2nnn(C)c2=O)n1. The highest BCUT2D eigenvalue weighted by atomic mass is 16.6. The zero-order valence-corrected chi connectivity index (χ0v) is 9.66. The number of nitrogens with one attached hydrogen (secondary N) is 1. The number of rotatable bonds is 4. The van der Waals surface area contributed by atoms with Crippen molar-refractivity contribution < 1.29 is 10.8 Å². The Morgan fingerprint density at radius 3 is 3.11 bits per heavy atom. The molecule has 0 atom stereocenters. The van der Waals surface area contributed by atoms with E-state index in [1.54, 1.807) is 0 Å². The highest BCUT2D eigenvalue weighted by Gasteiger charge is 2.17. The lowest BCUT2D eigenvalue weighted by molar-refractivity contribution is 0.263. The van der Waals surface area contributed by atoms with E-state index in [0.29, 0.717) is 0 Å². The van der Waals surface area contributed by atoms with Gasteiger partial charge in [0.2, 0.25) is 11.7 Å². The largest absolute Gasteiger partial charge is 0.470 e. The van der Waals surface area contributed by atoms with E-state index in [1.807, 2.05) is 0 Å². The van der Waals surface area contributed by atoms with E-state index < -0.39 is 5.69 Å². The maximum Gasteiger partial charge on any atom is 0.369 e. The van der Waals surface area contributed by atoms with Crippen LogP contribution >= 0.6 is 0 Å². The summed E-state index contributed by atoms with van der Waals surface area (Å²) in [7, 11) is 1.45. The normalized spacial score (nSPS) is 11.5. The first-order valence-corrected chi connectivity index (χ1v) is 5.13. The molecule has 19 heavy (non-hydrogen) atoms. The minimum atomic E-state index is -0.489.